The van der Waals surface area contributed by atoms with Crippen molar-refractivity contribution in [3.63, 3.8) is 0 Å². The van der Waals surface area contributed by atoms with Gasteiger partial charge in [-0.2, -0.15) is 11.8 Å². The second-order valence-electron chi connectivity index (χ2n) is 3.69. The van der Waals surface area contributed by atoms with Gasteiger partial charge in [0.2, 0.25) is 0 Å². The third-order valence-corrected chi connectivity index (χ3v) is 3.21. The molecule has 0 aromatic carbocycles. The summed E-state index contributed by atoms with van der Waals surface area (Å²) in [5.74, 6) is 1.73. The lowest BCUT2D eigenvalue weighted by Gasteiger charge is -2.11. The van der Waals surface area contributed by atoms with E-state index in [1.54, 1.807) is 18.0 Å². The first-order valence-electron chi connectivity index (χ1n) is 4.85. The summed E-state index contributed by atoms with van der Waals surface area (Å²) in [6.07, 6.45) is 4.02. The summed E-state index contributed by atoms with van der Waals surface area (Å²) in [5, 5.41) is 10.3. The molecule has 80 valence electrons. The van der Waals surface area contributed by atoms with E-state index in [0.717, 1.165) is 11.6 Å². The van der Waals surface area contributed by atoms with Crippen molar-refractivity contribution in [2.45, 2.75) is 31.6 Å². The van der Waals surface area contributed by atoms with Crippen LogP contribution in [0.1, 0.15) is 19.7 Å². The van der Waals surface area contributed by atoms with Crippen molar-refractivity contribution in [2.75, 3.05) is 5.75 Å². The van der Waals surface area contributed by atoms with Gasteiger partial charge in [-0.05, 0) is 5.25 Å². The van der Waals surface area contributed by atoms with Gasteiger partial charge in [-0.15, -0.1) is 0 Å². The van der Waals surface area contributed by atoms with Crippen molar-refractivity contribution in [2.24, 2.45) is 7.05 Å². The molecule has 1 aromatic heterocycles. The summed E-state index contributed by atoms with van der Waals surface area (Å²) >= 11 is 1.78. The van der Waals surface area contributed by atoms with Gasteiger partial charge in [-0.3, -0.25) is 0 Å². The number of thioether (sulfide) groups is 1. The quantitative estimate of drug-likeness (QED) is 0.806. The van der Waals surface area contributed by atoms with Crippen LogP contribution in [0.2, 0.25) is 0 Å². The molecule has 4 heteroatoms. The first-order chi connectivity index (χ1) is 6.59. The summed E-state index contributed by atoms with van der Waals surface area (Å²) in [6, 6.07) is 0. The Labute approximate surface area is 89.5 Å². The minimum atomic E-state index is -0.288. The Hall–Kier alpha value is -0.480. The number of nitrogens with zero attached hydrogens (tertiary/aromatic N) is 2. The largest absolute Gasteiger partial charge is 0.392 e. The molecule has 14 heavy (non-hydrogen) atoms. The maximum absolute atomic E-state index is 9.72. The van der Waals surface area contributed by atoms with E-state index in [1.807, 2.05) is 17.8 Å². The van der Waals surface area contributed by atoms with Gasteiger partial charge < -0.3 is 9.67 Å². The van der Waals surface area contributed by atoms with Gasteiger partial charge >= 0.3 is 0 Å². The van der Waals surface area contributed by atoms with Crippen LogP contribution in [-0.2, 0) is 13.5 Å². The molecule has 0 aliphatic carbocycles. The summed E-state index contributed by atoms with van der Waals surface area (Å²) in [6.45, 7) is 4.27. The van der Waals surface area contributed by atoms with Gasteiger partial charge in [0.1, 0.15) is 5.82 Å². The first-order valence-corrected chi connectivity index (χ1v) is 5.90. The zero-order chi connectivity index (χ0) is 10.6. The smallest absolute Gasteiger partial charge is 0.110 e. The average Bonchev–Trinajstić information content (AvgIpc) is 2.49. The van der Waals surface area contributed by atoms with E-state index < -0.39 is 0 Å². The fraction of sp³-hybridized carbons (Fsp3) is 0.700. The minimum absolute atomic E-state index is 0.288. The molecule has 1 atom stereocenters. The summed E-state index contributed by atoms with van der Waals surface area (Å²) < 4.78 is 1.95. The predicted molar refractivity (Wildman–Crippen MR) is 60.5 cm³/mol. The van der Waals surface area contributed by atoms with Crippen LogP contribution in [-0.4, -0.2) is 31.8 Å². The number of hydrogen-bond donors (Lipinski definition) is 1. The van der Waals surface area contributed by atoms with Crippen LogP contribution in [0, 0.1) is 0 Å². The molecular formula is C10H18N2OS. The van der Waals surface area contributed by atoms with Crippen molar-refractivity contribution in [3.8, 4) is 0 Å². The molecule has 0 saturated carbocycles. The highest BCUT2D eigenvalue weighted by molar-refractivity contribution is 7.99. The molecule has 0 saturated heterocycles. The van der Waals surface area contributed by atoms with E-state index in [2.05, 4.69) is 18.8 Å². The molecule has 0 radical (unpaired) electrons. The van der Waals surface area contributed by atoms with Crippen LogP contribution in [0.3, 0.4) is 0 Å². The molecule has 0 aliphatic rings. The van der Waals surface area contributed by atoms with E-state index >= 15 is 0 Å². The highest BCUT2D eigenvalue weighted by atomic mass is 32.2. The normalized spacial score (nSPS) is 13.5. The number of hydrogen-bond acceptors (Lipinski definition) is 3. The molecule has 1 aromatic rings. The van der Waals surface area contributed by atoms with Crippen LogP contribution >= 0.6 is 11.8 Å². The van der Waals surface area contributed by atoms with Crippen molar-refractivity contribution in [1.82, 2.24) is 9.55 Å². The molecule has 1 rings (SSSR count). The molecule has 1 unspecified atom stereocenters. The van der Waals surface area contributed by atoms with Crippen LogP contribution in [0.25, 0.3) is 0 Å². The summed E-state index contributed by atoms with van der Waals surface area (Å²) in [5.41, 5.74) is 0. The Morgan fingerprint density at radius 2 is 2.29 bits per heavy atom. The van der Waals surface area contributed by atoms with Gasteiger partial charge in [0.25, 0.3) is 0 Å². The highest BCUT2D eigenvalue weighted by Gasteiger charge is 2.09. The number of imidazole rings is 1. The standard InChI is InChI=1S/C10H18N2OS/c1-8(2)14-7-9(13)6-10-11-4-5-12(10)3/h4-5,8-9,13H,6-7H2,1-3H3. The molecule has 0 spiro atoms. The maximum Gasteiger partial charge on any atom is 0.110 e. The van der Waals surface area contributed by atoms with Gasteiger partial charge in [0, 0.05) is 31.6 Å². The second-order valence-corrected chi connectivity index (χ2v) is 5.30. The lowest BCUT2D eigenvalue weighted by atomic mass is 10.3. The molecule has 3 nitrogen and oxygen atoms in total. The first kappa shape index (κ1) is 11.6. The third-order valence-electron chi connectivity index (χ3n) is 1.96. The number of aryl methyl sites for hydroxylation is 1. The molecule has 1 N–H and O–H groups in total. The molecule has 0 amide bonds. The van der Waals surface area contributed by atoms with Gasteiger partial charge in [-0.1, -0.05) is 13.8 Å². The highest BCUT2D eigenvalue weighted by Crippen LogP contribution is 2.12. The van der Waals surface area contributed by atoms with Crippen molar-refractivity contribution >= 4 is 11.8 Å². The van der Waals surface area contributed by atoms with Crippen LogP contribution in [0.15, 0.2) is 12.4 Å². The summed E-state index contributed by atoms with van der Waals surface area (Å²) in [4.78, 5) is 4.18. The topological polar surface area (TPSA) is 38.1 Å². The fourth-order valence-corrected chi connectivity index (χ4v) is 1.89. The van der Waals surface area contributed by atoms with Crippen molar-refractivity contribution < 1.29 is 5.11 Å². The Morgan fingerprint density at radius 3 is 2.79 bits per heavy atom. The number of rotatable bonds is 5. The molecule has 0 bridgehead atoms. The predicted octanol–water partition coefficient (Wildman–Crippen LogP) is 1.47. The zero-order valence-electron chi connectivity index (χ0n) is 8.97. The second kappa shape index (κ2) is 5.41. The van der Waals surface area contributed by atoms with E-state index in [1.165, 1.54) is 0 Å². The summed E-state index contributed by atoms with van der Waals surface area (Å²) in [7, 11) is 1.95. The lowest BCUT2D eigenvalue weighted by molar-refractivity contribution is 0.196. The van der Waals surface area contributed by atoms with Crippen molar-refractivity contribution in [1.29, 1.82) is 0 Å². The fourth-order valence-electron chi connectivity index (χ4n) is 1.17. The van der Waals surface area contributed by atoms with Crippen LogP contribution < -0.4 is 0 Å². The van der Waals surface area contributed by atoms with Gasteiger partial charge in [-0.25, -0.2) is 4.98 Å². The minimum Gasteiger partial charge on any atom is -0.392 e. The van der Waals surface area contributed by atoms with Crippen LogP contribution in [0.4, 0.5) is 0 Å². The Bertz CT molecular complexity index is 273. The van der Waals surface area contributed by atoms with E-state index in [-0.39, 0.29) is 6.10 Å². The van der Waals surface area contributed by atoms with Gasteiger partial charge in [0.05, 0.1) is 6.10 Å². The van der Waals surface area contributed by atoms with E-state index in [9.17, 15) is 5.11 Å². The Balaban J connectivity index is 2.34. The number of aromatic nitrogens is 2. The number of aliphatic hydroxyl groups excluding tert-OH is 1. The lowest BCUT2D eigenvalue weighted by Crippen LogP contribution is -2.17. The van der Waals surface area contributed by atoms with E-state index in [4.69, 9.17) is 0 Å². The van der Waals surface area contributed by atoms with Crippen molar-refractivity contribution in [3.05, 3.63) is 18.2 Å². The molecule has 1 heterocycles. The van der Waals surface area contributed by atoms with Crippen LogP contribution in [0.5, 0.6) is 0 Å². The molecule has 0 aliphatic heterocycles. The Morgan fingerprint density at radius 1 is 1.57 bits per heavy atom. The van der Waals surface area contributed by atoms with E-state index in [0.29, 0.717) is 11.7 Å². The molecule has 0 fully saturated rings. The Kier molecular flexibility index (Phi) is 4.48. The monoisotopic (exact) mass is 214 g/mol. The average molecular weight is 214 g/mol. The molecular weight excluding hydrogens is 196 g/mol. The third kappa shape index (κ3) is 3.72. The van der Waals surface area contributed by atoms with Gasteiger partial charge in [0.15, 0.2) is 0 Å². The SMILES string of the molecule is CC(C)SCC(O)Cc1nccn1C. The maximum atomic E-state index is 9.72. The zero-order valence-corrected chi connectivity index (χ0v) is 9.79. The number of aliphatic hydroxyl groups is 1.